The van der Waals surface area contributed by atoms with Gasteiger partial charge in [0.2, 0.25) is 0 Å². The van der Waals surface area contributed by atoms with Crippen molar-refractivity contribution in [1.82, 2.24) is 0 Å². The van der Waals surface area contributed by atoms with E-state index in [4.69, 9.17) is 0 Å². The molecule has 0 N–H and O–H groups in total. The third-order valence-electron chi connectivity index (χ3n) is 15.3. The zero-order valence-corrected chi connectivity index (χ0v) is 37.9. The van der Waals surface area contributed by atoms with Gasteiger partial charge in [0.1, 0.15) is 0 Å². The Morgan fingerprint density at radius 2 is 0.776 bits per heavy atom. The summed E-state index contributed by atoms with van der Waals surface area (Å²) in [6.45, 7) is 4.80. The third-order valence-corrected chi connectivity index (χ3v) is 15.3. The van der Waals surface area contributed by atoms with Crippen LogP contribution in [-0.4, -0.2) is 0 Å². The number of anilines is 3. The Kier molecular flexibility index (Phi) is 8.99. The number of para-hydroxylation sites is 2. The Hall–Kier alpha value is -8.00. The number of hydrogen-bond donors (Lipinski definition) is 0. The molecule has 0 fully saturated rings. The molecule has 0 aliphatic heterocycles. The van der Waals surface area contributed by atoms with Crippen LogP contribution in [0.3, 0.4) is 0 Å². The van der Waals surface area contributed by atoms with Gasteiger partial charge in [-0.1, -0.05) is 226 Å². The van der Waals surface area contributed by atoms with Crippen molar-refractivity contribution in [3.63, 3.8) is 0 Å². The fraction of sp³-hybridized carbons (Fsp3) is 0.0909. The van der Waals surface area contributed by atoms with Crippen molar-refractivity contribution < 1.29 is 0 Å². The van der Waals surface area contributed by atoms with Crippen LogP contribution in [0.2, 0.25) is 0 Å². The molecule has 0 radical (unpaired) electrons. The maximum atomic E-state index is 2.58. The van der Waals surface area contributed by atoms with Gasteiger partial charge < -0.3 is 4.90 Å². The number of rotatable bonds is 7. The van der Waals surface area contributed by atoms with Crippen LogP contribution in [-0.2, 0) is 17.3 Å². The Bertz CT molecular complexity index is 3570. The molecule has 1 unspecified atom stereocenters. The first-order chi connectivity index (χ1) is 33.0. The summed E-state index contributed by atoms with van der Waals surface area (Å²) in [5, 5.41) is 0. The van der Waals surface area contributed by atoms with Gasteiger partial charge in [-0.25, -0.2) is 0 Å². The van der Waals surface area contributed by atoms with Gasteiger partial charge in [-0.15, -0.1) is 0 Å². The van der Waals surface area contributed by atoms with Gasteiger partial charge in [-0.3, -0.25) is 0 Å². The highest BCUT2D eigenvalue weighted by atomic mass is 15.1. The molecule has 1 spiro atoms. The van der Waals surface area contributed by atoms with Gasteiger partial charge >= 0.3 is 0 Å². The normalized spacial score (nSPS) is 15.7. The lowest BCUT2D eigenvalue weighted by molar-refractivity contribution is 0.626. The first-order valence-electron chi connectivity index (χ1n) is 23.8. The van der Waals surface area contributed by atoms with E-state index in [1.807, 2.05) is 0 Å². The highest BCUT2D eigenvalue weighted by Crippen LogP contribution is 2.60. The molecule has 1 atom stereocenters. The molecule has 10 aromatic carbocycles. The molecule has 0 saturated carbocycles. The molecule has 0 saturated heterocycles. The molecule has 0 heterocycles. The predicted octanol–water partition coefficient (Wildman–Crippen LogP) is 17.4. The predicted molar refractivity (Wildman–Crippen MR) is 281 cm³/mol. The molecule has 1 heteroatoms. The van der Waals surface area contributed by atoms with Crippen LogP contribution >= 0.6 is 0 Å². The van der Waals surface area contributed by atoms with E-state index in [2.05, 4.69) is 255 Å². The molecule has 0 amide bonds. The maximum Gasteiger partial charge on any atom is 0.0540 e. The topological polar surface area (TPSA) is 3.24 Å². The Labute approximate surface area is 394 Å². The summed E-state index contributed by atoms with van der Waals surface area (Å²) in [4.78, 5) is 2.58. The fourth-order valence-electron chi connectivity index (χ4n) is 12.5. The lowest BCUT2D eigenvalue weighted by Crippen LogP contribution is -2.24. The van der Waals surface area contributed by atoms with E-state index >= 15 is 0 Å². The van der Waals surface area contributed by atoms with Crippen LogP contribution in [0.4, 0.5) is 17.1 Å². The molecule has 318 valence electrons. The maximum absolute atomic E-state index is 2.58. The second-order valence-corrected chi connectivity index (χ2v) is 19.1. The largest absolute Gasteiger partial charge is 0.309 e. The lowest BCUT2D eigenvalue weighted by atomic mass is 9.73. The minimum Gasteiger partial charge on any atom is -0.309 e. The van der Waals surface area contributed by atoms with E-state index in [1.54, 1.807) is 0 Å². The first-order valence-corrected chi connectivity index (χ1v) is 23.8. The van der Waals surface area contributed by atoms with Crippen molar-refractivity contribution in [2.75, 3.05) is 4.90 Å². The van der Waals surface area contributed by atoms with Gasteiger partial charge in [0.25, 0.3) is 0 Å². The smallest absolute Gasteiger partial charge is 0.0540 e. The van der Waals surface area contributed by atoms with Crippen molar-refractivity contribution in [2.45, 2.75) is 37.5 Å². The number of fused-ring (bicyclic) bond motifs is 10. The highest BCUT2D eigenvalue weighted by molar-refractivity contribution is 6.01. The van der Waals surface area contributed by atoms with Crippen molar-refractivity contribution in [3.8, 4) is 66.8 Å². The summed E-state index contributed by atoms with van der Waals surface area (Å²) in [7, 11) is 0. The number of nitrogens with zero attached hydrogens (tertiary/aromatic N) is 1. The molecule has 1 nitrogen and oxygen atoms in total. The molecular formula is C66H49N. The Morgan fingerprint density at radius 3 is 1.46 bits per heavy atom. The SMILES string of the molecule is CC1(C)c2ccccc2-c2cccc(-c3ccccc3N(c3ccc4c(c3)C3(CCc5ccccc53)c3ccccc3-4)c3ccccc3-c3ccccc3-c3ccccc3-c3ccccc3)c21. The Balaban J connectivity index is 1.08. The van der Waals surface area contributed by atoms with Crippen molar-refractivity contribution in [2.24, 2.45) is 0 Å². The van der Waals surface area contributed by atoms with Crippen LogP contribution < -0.4 is 4.90 Å². The zero-order chi connectivity index (χ0) is 44.7. The van der Waals surface area contributed by atoms with E-state index in [9.17, 15) is 0 Å². The van der Waals surface area contributed by atoms with E-state index in [0.29, 0.717) is 0 Å². The Morgan fingerprint density at radius 1 is 0.328 bits per heavy atom. The summed E-state index contributed by atoms with van der Waals surface area (Å²) in [6.07, 6.45) is 2.11. The van der Waals surface area contributed by atoms with E-state index in [-0.39, 0.29) is 10.8 Å². The lowest BCUT2D eigenvalue weighted by Gasteiger charge is -2.33. The van der Waals surface area contributed by atoms with Gasteiger partial charge in [0, 0.05) is 27.6 Å². The third kappa shape index (κ3) is 5.87. The fourth-order valence-corrected chi connectivity index (χ4v) is 12.5. The minimum atomic E-state index is -0.229. The van der Waals surface area contributed by atoms with Crippen molar-refractivity contribution in [1.29, 1.82) is 0 Å². The number of hydrogen-bond acceptors (Lipinski definition) is 1. The molecule has 67 heavy (non-hydrogen) atoms. The second-order valence-electron chi connectivity index (χ2n) is 19.1. The van der Waals surface area contributed by atoms with Gasteiger partial charge in [-0.2, -0.15) is 0 Å². The summed E-state index contributed by atoms with van der Waals surface area (Å²) in [5.41, 5.74) is 26.5. The monoisotopic (exact) mass is 855 g/mol. The first kappa shape index (κ1) is 39.4. The van der Waals surface area contributed by atoms with Crippen LogP contribution in [0, 0.1) is 0 Å². The standard InChI is InChI=1S/C66H49N/c1-65(2)59-35-16-11-29-52(59)56-32-20-33-57(64(56)65)55-31-14-19-38-63(55)67(46-39-40-53-51-28-12-17-36-60(51)66(61(53)43-46)42-41-45-23-6-15-34-58(45)66)62-37-18-13-30-54(62)50-27-10-9-26-49(50)48-25-8-7-24-47(48)44-21-4-3-5-22-44/h3-40,43H,41-42H2,1-2H3. The molecular weight excluding hydrogens is 807 g/mol. The molecule has 3 aliphatic rings. The van der Waals surface area contributed by atoms with Crippen LogP contribution in [0.5, 0.6) is 0 Å². The van der Waals surface area contributed by atoms with E-state index in [1.165, 1.54) is 100 Å². The van der Waals surface area contributed by atoms with Gasteiger partial charge in [-0.05, 0) is 126 Å². The quantitative estimate of drug-likeness (QED) is 0.154. The van der Waals surface area contributed by atoms with Crippen LogP contribution in [0.25, 0.3) is 66.8 Å². The highest BCUT2D eigenvalue weighted by Gasteiger charge is 2.48. The van der Waals surface area contributed by atoms with Crippen LogP contribution in [0.1, 0.15) is 53.6 Å². The average molecular weight is 856 g/mol. The number of aryl methyl sites for hydroxylation is 1. The minimum absolute atomic E-state index is 0.189. The summed E-state index contributed by atoms with van der Waals surface area (Å²) in [5.74, 6) is 0. The molecule has 10 aromatic rings. The molecule has 3 aliphatic carbocycles. The van der Waals surface area contributed by atoms with Crippen molar-refractivity contribution in [3.05, 3.63) is 270 Å². The summed E-state index contributed by atoms with van der Waals surface area (Å²) < 4.78 is 0. The molecule has 0 aromatic heterocycles. The van der Waals surface area contributed by atoms with Gasteiger partial charge in [0.05, 0.1) is 11.4 Å². The molecule has 0 bridgehead atoms. The van der Waals surface area contributed by atoms with E-state index in [0.717, 1.165) is 29.9 Å². The van der Waals surface area contributed by atoms with Crippen molar-refractivity contribution >= 4 is 17.1 Å². The van der Waals surface area contributed by atoms with Gasteiger partial charge in [0.15, 0.2) is 0 Å². The van der Waals surface area contributed by atoms with E-state index < -0.39 is 0 Å². The number of benzene rings is 10. The zero-order valence-electron chi connectivity index (χ0n) is 37.9. The van der Waals surface area contributed by atoms with Crippen LogP contribution in [0.15, 0.2) is 237 Å². The average Bonchev–Trinajstić information content (AvgIpc) is 4.00. The second kappa shape index (κ2) is 15.3. The summed E-state index contributed by atoms with van der Waals surface area (Å²) >= 11 is 0. The molecule has 13 rings (SSSR count). The summed E-state index contributed by atoms with van der Waals surface area (Å²) in [6, 6.07) is 88.5.